The number of aromatic nitrogens is 1. The summed E-state index contributed by atoms with van der Waals surface area (Å²) in [7, 11) is 0. The van der Waals surface area contributed by atoms with E-state index in [9.17, 15) is 14.7 Å². The summed E-state index contributed by atoms with van der Waals surface area (Å²) in [6.07, 6.45) is -0.711. The summed E-state index contributed by atoms with van der Waals surface area (Å²) in [4.78, 5) is 29.9. The number of carbonyl (C=O) groups excluding carboxylic acids is 2. The lowest BCUT2D eigenvalue weighted by Gasteiger charge is -2.31. The van der Waals surface area contributed by atoms with Gasteiger partial charge in [-0.2, -0.15) is 0 Å². The zero-order chi connectivity index (χ0) is 20.5. The van der Waals surface area contributed by atoms with Crippen molar-refractivity contribution in [1.29, 1.82) is 0 Å². The number of ether oxygens (including phenoxy) is 2. The maximum Gasteiger partial charge on any atom is 0.408 e. The van der Waals surface area contributed by atoms with Crippen molar-refractivity contribution in [2.45, 2.75) is 51.0 Å². The van der Waals surface area contributed by atoms with Crippen LogP contribution >= 0.6 is 0 Å². The fraction of sp³-hybridized carbons (Fsp3) is 0.611. The van der Waals surface area contributed by atoms with Crippen LogP contribution in [-0.4, -0.2) is 59.2 Å². The van der Waals surface area contributed by atoms with Gasteiger partial charge in [0, 0.05) is 13.0 Å². The van der Waals surface area contributed by atoms with Crippen LogP contribution in [0.2, 0.25) is 0 Å². The van der Waals surface area contributed by atoms with Gasteiger partial charge in [-0.3, -0.25) is 4.79 Å². The molecule has 0 saturated carbocycles. The van der Waals surface area contributed by atoms with Gasteiger partial charge in [0.05, 0.1) is 5.54 Å². The van der Waals surface area contributed by atoms with Gasteiger partial charge in [-0.15, -0.1) is 0 Å². The van der Waals surface area contributed by atoms with Crippen LogP contribution in [0.4, 0.5) is 16.4 Å². The molecule has 2 aliphatic rings. The zero-order valence-electron chi connectivity index (χ0n) is 16.3. The van der Waals surface area contributed by atoms with E-state index in [1.165, 1.54) is 0 Å². The molecule has 2 unspecified atom stereocenters. The number of hydrogen-bond donors (Lipinski definition) is 4. The SMILES string of the molecule is CC(C)(C)OC(=O)NC1(CCN)CC(O)N(c2ccc3c(n2)NC(=O)CO3)C1. The fourth-order valence-electron chi connectivity index (χ4n) is 3.43. The average Bonchev–Trinajstić information content (AvgIpc) is 2.88. The second-order valence-corrected chi connectivity index (χ2v) is 8.11. The van der Waals surface area contributed by atoms with Crippen LogP contribution in [0.3, 0.4) is 0 Å². The monoisotopic (exact) mass is 393 g/mol. The zero-order valence-corrected chi connectivity index (χ0v) is 16.3. The number of aliphatic hydroxyl groups is 1. The minimum atomic E-state index is -0.882. The van der Waals surface area contributed by atoms with E-state index < -0.39 is 23.5 Å². The lowest BCUT2D eigenvalue weighted by molar-refractivity contribution is -0.118. The molecule has 10 nitrogen and oxygen atoms in total. The van der Waals surface area contributed by atoms with Gasteiger partial charge in [-0.1, -0.05) is 0 Å². The summed E-state index contributed by atoms with van der Waals surface area (Å²) in [5.74, 6) is 0.944. The molecule has 1 fully saturated rings. The van der Waals surface area contributed by atoms with Crippen molar-refractivity contribution < 1.29 is 24.2 Å². The molecule has 10 heteroatoms. The Bertz CT molecular complexity index is 765. The van der Waals surface area contributed by atoms with Crippen LogP contribution < -0.4 is 26.0 Å². The van der Waals surface area contributed by atoms with Crippen molar-refractivity contribution in [3.63, 3.8) is 0 Å². The molecule has 0 aliphatic carbocycles. The van der Waals surface area contributed by atoms with Crippen molar-refractivity contribution in [1.82, 2.24) is 10.3 Å². The number of rotatable bonds is 4. The van der Waals surface area contributed by atoms with E-state index >= 15 is 0 Å². The van der Waals surface area contributed by atoms with Crippen LogP contribution in [0, 0.1) is 0 Å². The number of pyridine rings is 1. The van der Waals surface area contributed by atoms with Crippen molar-refractivity contribution >= 4 is 23.6 Å². The molecule has 0 spiro atoms. The Labute approximate surface area is 163 Å². The molecule has 2 atom stereocenters. The van der Waals surface area contributed by atoms with Gasteiger partial charge >= 0.3 is 6.09 Å². The van der Waals surface area contributed by atoms with Gasteiger partial charge in [-0.25, -0.2) is 9.78 Å². The Kier molecular flexibility index (Phi) is 5.35. The van der Waals surface area contributed by atoms with Gasteiger partial charge < -0.3 is 35.8 Å². The largest absolute Gasteiger partial charge is 0.480 e. The molecule has 1 aromatic heterocycles. The molecule has 3 rings (SSSR count). The number of amides is 2. The number of fused-ring (bicyclic) bond motifs is 1. The molecule has 5 N–H and O–H groups in total. The van der Waals surface area contributed by atoms with Crippen molar-refractivity contribution in [3.05, 3.63) is 12.1 Å². The van der Waals surface area contributed by atoms with E-state index in [0.717, 1.165) is 0 Å². The van der Waals surface area contributed by atoms with Gasteiger partial charge in [0.25, 0.3) is 5.91 Å². The Morgan fingerprint density at radius 3 is 2.96 bits per heavy atom. The summed E-state index contributed by atoms with van der Waals surface area (Å²) in [5.41, 5.74) is 4.37. The minimum Gasteiger partial charge on any atom is -0.480 e. The van der Waals surface area contributed by atoms with Crippen LogP contribution in [0.15, 0.2) is 12.1 Å². The van der Waals surface area contributed by atoms with Crippen LogP contribution in [0.25, 0.3) is 0 Å². The Morgan fingerprint density at radius 1 is 1.54 bits per heavy atom. The number of nitrogens with two attached hydrogens (primary N) is 1. The number of alkyl carbamates (subject to hydrolysis) is 1. The third kappa shape index (κ3) is 4.45. The first-order valence-electron chi connectivity index (χ1n) is 9.20. The number of aliphatic hydroxyl groups excluding tert-OH is 1. The van der Waals surface area contributed by atoms with E-state index in [1.54, 1.807) is 37.8 Å². The van der Waals surface area contributed by atoms with Crippen molar-refractivity contribution in [2.75, 3.05) is 29.9 Å². The molecular formula is C18H27N5O5. The first-order chi connectivity index (χ1) is 13.1. The molecule has 154 valence electrons. The summed E-state index contributed by atoms with van der Waals surface area (Å²) in [5, 5.41) is 16.2. The van der Waals surface area contributed by atoms with Gasteiger partial charge in [0.15, 0.2) is 18.2 Å². The Morgan fingerprint density at radius 2 is 2.29 bits per heavy atom. The minimum absolute atomic E-state index is 0.0558. The van der Waals surface area contributed by atoms with Gasteiger partial charge in [0.1, 0.15) is 17.6 Å². The van der Waals surface area contributed by atoms with Crippen LogP contribution in [0.1, 0.15) is 33.6 Å². The quantitative estimate of drug-likeness (QED) is 0.582. The van der Waals surface area contributed by atoms with Gasteiger partial charge in [-0.05, 0) is 45.9 Å². The first-order valence-corrected chi connectivity index (χ1v) is 9.20. The van der Waals surface area contributed by atoms with Crippen molar-refractivity contribution in [3.8, 4) is 5.75 Å². The number of carbonyl (C=O) groups is 2. The molecule has 0 aromatic carbocycles. The van der Waals surface area contributed by atoms with E-state index in [0.29, 0.717) is 36.9 Å². The molecule has 28 heavy (non-hydrogen) atoms. The molecule has 2 amide bonds. The van der Waals surface area contributed by atoms with E-state index in [-0.39, 0.29) is 18.9 Å². The summed E-state index contributed by atoms with van der Waals surface area (Å²) >= 11 is 0. The lowest BCUT2D eigenvalue weighted by Crippen LogP contribution is -2.53. The molecule has 1 saturated heterocycles. The smallest absolute Gasteiger partial charge is 0.408 e. The highest BCUT2D eigenvalue weighted by molar-refractivity contribution is 5.94. The normalized spacial score (nSPS) is 24.2. The number of anilines is 2. The molecule has 0 radical (unpaired) electrons. The highest BCUT2D eigenvalue weighted by Gasteiger charge is 2.45. The van der Waals surface area contributed by atoms with Crippen LogP contribution in [0.5, 0.6) is 5.75 Å². The van der Waals surface area contributed by atoms with E-state index in [4.69, 9.17) is 15.2 Å². The van der Waals surface area contributed by atoms with Crippen LogP contribution in [-0.2, 0) is 9.53 Å². The predicted molar refractivity (Wildman–Crippen MR) is 102 cm³/mol. The predicted octanol–water partition coefficient (Wildman–Crippen LogP) is 0.553. The standard InChI is InChI=1S/C18H27N5O5/c1-17(2,3)28-16(26)22-18(6-7-19)8-14(25)23(10-18)12-5-4-11-15(20-12)21-13(24)9-27-11/h4-5,14,25H,6-10,19H2,1-3H3,(H,22,26)(H,20,21,24). The second-order valence-electron chi connectivity index (χ2n) is 8.11. The Balaban J connectivity index is 1.80. The fourth-order valence-corrected chi connectivity index (χ4v) is 3.43. The molecular weight excluding hydrogens is 366 g/mol. The van der Waals surface area contributed by atoms with Gasteiger partial charge in [0.2, 0.25) is 0 Å². The first kappa shape index (κ1) is 20.2. The Hall–Kier alpha value is -2.59. The highest BCUT2D eigenvalue weighted by atomic mass is 16.6. The lowest BCUT2D eigenvalue weighted by atomic mass is 9.94. The number of hydrogen-bond acceptors (Lipinski definition) is 8. The number of nitrogens with one attached hydrogen (secondary N) is 2. The second kappa shape index (κ2) is 7.44. The molecule has 1 aromatic rings. The molecule has 0 bridgehead atoms. The maximum atomic E-state index is 12.3. The molecule has 2 aliphatic heterocycles. The highest BCUT2D eigenvalue weighted by Crippen LogP contribution is 2.35. The average molecular weight is 393 g/mol. The summed E-state index contributed by atoms with van der Waals surface area (Å²) in [6.45, 7) is 5.92. The number of nitrogens with zero attached hydrogens (tertiary/aromatic N) is 2. The van der Waals surface area contributed by atoms with Crippen molar-refractivity contribution in [2.24, 2.45) is 5.73 Å². The summed E-state index contributed by atoms with van der Waals surface area (Å²) < 4.78 is 10.7. The topological polar surface area (TPSA) is 139 Å². The molecule has 3 heterocycles. The third-order valence-electron chi connectivity index (χ3n) is 4.55. The van der Waals surface area contributed by atoms with E-state index in [2.05, 4.69) is 15.6 Å². The third-order valence-corrected chi connectivity index (χ3v) is 4.55. The maximum absolute atomic E-state index is 12.3. The van der Waals surface area contributed by atoms with E-state index in [1.807, 2.05) is 0 Å². The summed E-state index contributed by atoms with van der Waals surface area (Å²) in [6, 6.07) is 3.39.